The molecule has 26 heavy (non-hydrogen) atoms. The molecule has 0 aliphatic rings. The minimum Gasteiger partial charge on any atom is -0.323 e. The first-order valence-corrected chi connectivity index (χ1v) is 10.5. The maximum absolute atomic E-state index is 12.4. The summed E-state index contributed by atoms with van der Waals surface area (Å²) in [5, 5.41) is 2.82. The van der Waals surface area contributed by atoms with Crippen LogP contribution in [-0.4, -0.2) is 32.1 Å². The number of hydrogen-bond donors (Lipinski definition) is 2. The number of carbonyl (C=O) groups is 1. The monoisotopic (exact) mass is 439 g/mol. The highest BCUT2D eigenvalue weighted by atomic mass is 79.9. The van der Waals surface area contributed by atoms with E-state index in [1.807, 2.05) is 24.3 Å². The molecule has 0 aromatic heterocycles. The van der Waals surface area contributed by atoms with Crippen LogP contribution in [0, 0.1) is 6.92 Å². The van der Waals surface area contributed by atoms with Gasteiger partial charge in [-0.2, -0.15) is 0 Å². The van der Waals surface area contributed by atoms with E-state index in [0.717, 1.165) is 15.6 Å². The number of halogens is 1. The van der Waals surface area contributed by atoms with Gasteiger partial charge in [-0.15, -0.1) is 0 Å². The van der Waals surface area contributed by atoms with Gasteiger partial charge < -0.3 is 10.2 Å². The number of carbonyl (C=O) groups excluding carboxylic acids is 1. The highest BCUT2D eigenvalue weighted by Gasteiger charge is 2.13. The summed E-state index contributed by atoms with van der Waals surface area (Å²) in [4.78, 5) is 14.0. The minimum absolute atomic E-state index is 0.00473. The number of nitrogens with one attached hydrogen (secondary N) is 2. The lowest BCUT2D eigenvalue weighted by Crippen LogP contribution is -2.31. The van der Waals surface area contributed by atoms with Crippen molar-refractivity contribution in [1.29, 1.82) is 0 Å². The van der Waals surface area contributed by atoms with E-state index in [0.29, 0.717) is 17.9 Å². The number of sulfonamides is 1. The first-order valence-electron chi connectivity index (χ1n) is 8.08. The summed E-state index contributed by atoms with van der Waals surface area (Å²) in [6.45, 7) is 3.82. The molecule has 0 unspecified atom stereocenters. The van der Waals surface area contributed by atoms with Crippen molar-refractivity contribution in [2.75, 3.05) is 22.8 Å². The Morgan fingerprint density at radius 3 is 2.50 bits per heavy atom. The average Bonchev–Trinajstić information content (AvgIpc) is 2.59. The van der Waals surface area contributed by atoms with Crippen molar-refractivity contribution in [3.8, 4) is 0 Å². The molecule has 0 spiro atoms. The molecule has 0 heterocycles. The average molecular weight is 440 g/mol. The Hall–Kier alpha value is -2.06. The van der Waals surface area contributed by atoms with Gasteiger partial charge in [0.2, 0.25) is 10.0 Å². The summed E-state index contributed by atoms with van der Waals surface area (Å²) in [6.07, 6.45) is 0. The number of hydrogen-bond acceptors (Lipinski definition) is 3. The van der Waals surface area contributed by atoms with Crippen LogP contribution in [0.5, 0.6) is 0 Å². The maximum Gasteiger partial charge on any atom is 0.321 e. The zero-order valence-electron chi connectivity index (χ0n) is 14.9. The second-order valence-electron chi connectivity index (χ2n) is 5.91. The van der Waals surface area contributed by atoms with Gasteiger partial charge in [0.15, 0.2) is 0 Å². The van der Waals surface area contributed by atoms with Crippen molar-refractivity contribution < 1.29 is 13.2 Å². The third kappa shape index (κ3) is 5.47. The van der Waals surface area contributed by atoms with Crippen LogP contribution >= 0.6 is 15.9 Å². The normalized spacial score (nSPS) is 11.1. The lowest BCUT2D eigenvalue weighted by atomic mass is 10.2. The fraction of sp³-hybridized carbons (Fsp3) is 0.278. The van der Waals surface area contributed by atoms with Gasteiger partial charge in [0, 0.05) is 23.8 Å². The number of anilines is 2. The SMILES string of the molecule is CCS(=O)(=O)Nc1ccc(NC(=O)N(C)Cc2ccccc2Br)cc1C. The van der Waals surface area contributed by atoms with Crippen LogP contribution in [-0.2, 0) is 16.6 Å². The van der Waals surface area contributed by atoms with Crippen molar-refractivity contribution >= 4 is 43.4 Å². The van der Waals surface area contributed by atoms with Crippen LogP contribution in [0.1, 0.15) is 18.1 Å². The zero-order valence-corrected chi connectivity index (χ0v) is 17.3. The number of amides is 2. The van der Waals surface area contributed by atoms with Crippen molar-refractivity contribution in [1.82, 2.24) is 4.90 Å². The van der Waals surface area contributed by atoms with Crippen LogP contribution in [0.25, 0.3) is 0 Å². The van der Waals surface area contributed by atoms with Crippen LogP contribution < -0.4 is 10.0 Å². The first kappa shape index (κ1) is 20.3. The number of benzene rings is 2. The first-order chi connectivity index (χ1) is 12.2. The van der Waals surface area contributed by atoms with E-state index in [9.17, 15) is 13.2 Å². The van der Waals surface area contributed by atoms with E-state index in [-0.39, 0.29) is 11.8 Å². The number of nitrogens with zero attached hydrogens (tertiary/aromatic N) is 1. The summed E-state index contributed by atoms with van der Waals surface area (Å²) in [6, 6.07) is 12.5. The Morgan fingerprint density at radius 2 is 1.88 bits per heavy atom. The molecular formula is C18H22BrN3O3S. The highest BCUT2D eigenvalue weighted by Crippen LogP contribution is 2.22. The van der Waals surface area contributed by atoms with E-state index in [2.05, 4.69) is 26.0 Å². The largest absolute Gasteiger partial charge is 0.323 e. The van der Waals surface area contributed by atoms with Gasteiger partial charge in [0.25, 0.3) is 0 Å². The molecule has 0 aliphatic carbocycles. The summed E-state index contributed by atoms with van der Waals surface area (Å²) >= 11 is 3.47. The summed E-state index contributed by atoms with van der Waals surface area (Å²) in [5.74, 6) is 0.00473. The third-order valence-corrected chi connectivity index (χ3v) is 5.90. The molecule has 0 aliphatic heterocycles. The predicted molar refractivity (Wildman–Crippen MR) is 109 cm³/mol. The van der Waals surface area contributed by atoms with Crippen LogP contribution in [0.15, 0.2) is 46.9 Å². The molecule has 2 N–H and O–H groups in total. The summed E-state index contributed by atoms with van der Waals surface area (Å²) in [5.41, 5.74) is 2.84. The van der Waals surface area contributed by atoms with Crippen molar-refractivity contribution in [2.45, 2.75) is 20.4 Å². The molecule has 8 heteroatoms. The molecule has 2 amide bonds. The topological polar surface area (TPSA) is 78.5 Å². The van der Waals surface area contributed by atoms with Gasteiger partial charge in [-0.25, -0.2) is 13.2 Å². The second-order valence-corrected chi connectivity index (χ2v) is 8.78. The van der Waals surface area contributed by atoms with E-state index in [4.69, 9.17) is 0 Å². The Balaban J connectivity index is 2.05. The molecule has 0 saturated carbocycles. The fourth-order valence-electron chi connectivity index (χ4n) is 2.27. The van der Waals surface area contributed by atoms with E-state index >= 15 is 0 Å². The van der Waals surface area contributed by atoms with Gasteiger partial charge in [0.1, 0.15) is 0 Å². The molecule has 0 fully saturated rings. The molecule has 0 atom stereocenters. The van der Waals surface area contributed by atoms with E-state index in [1.54, 1.807) is 44.0 Å². The molecule has 6 nitrogen and oxygen atoms in total. The third-order valence-electron chi connectivity index (χ3n) is 3.84. The van der Waals surface area contributed by atoms with Crippen molar-refractivity contribution in [3.63, 3.8) is 0 Å². The lowest BCUT2D eigenvalue weighted by Gasteiger charge is -2.19. The van der Waals surface area contributed by atoms with Crippen LogP contribution in [0.4, 0.5) is 16.2 Å². The molecule has 140 valence electrons. The molecule has 0 saturated heterocycles. The number of urea groups is 1. The second kappa shape index (κ2) is 8.55. The van der Waals surface area contributed by atoms with E-state index < -0.39 is 10.0 Å². The maximum atomic E-state index is 12.4. The van der Waals surface area contributed by atoms with Crippen LogP contribution in [0.2, 0.25) is 0 Å². The van der Waals surface area contributed by atoms with Crippen LogP contribution in [0.3, 0.4) is 0 Å². The minimum atomic E-state index is -3.33. The van der Waals surface area contributed by atoms with E-state index in [1.165, 1.54) is 0 Å². The van der Waals surface area contributed by atoms with Gasteiger partial charge in [-0.05, 0) is 49.2 Å². The predicted octanol–water partition coefficient (Wildman–Crippen LogP) is 4.18. The highest BCUT2D eigenvalue weighted by molar-refractivity contribution is 9.10. The number of rotatable bonds is 6. The standard InChI is InChI=1S/C18H22BrN3O3S/c1-4-26(24,25)21-17-10-9-15(11-13(17)2)20-18(23)22(3)12-14-7-5-6-8-16(14)19/h5-11,21H,4,12H2,1-3H3,(H,20,23). The lowest BCUT2D eigenvalue weighted by molar-refractivity contribution is 0.220. The Morgan fingerprint density at radius 1 is 1.19 bits per heavy atom. The van der Waals surface area contributed by atoms with Gasteiger partial charge in [-0.3, -0.25) is 4.72 Å². The Kier molecular flexibility index (Phi) is 6.66. The van der Waals surface area contributed by atoms with Gasteiger partial charge in [0.05, 0.1) is 11.4 Å². The molecule has 0 radical (unpaired) electrons. The van der Waals surface area contributed by atoms with Crippen molar-refractivity contribution in [2.24, 2.45) is 0 Å². The number of aryl methyl sites for hydroxylation is 1. The molecular weight excluding hydrogens is 418 g/mol. The fourth-order valence-corrected chi connectivity index (χ4v) is 3.39. The van der Waals surface area contributed by atoms with Gasteiger partial charge >= 0.3 is 6.03 Å². The molecule has 2 aromatic carbocycles. The Labute approximate surface area is 162 Å². The van der Waals surface area contributed by atoms with Gasteiger partial charge in [-0.1, -0.05) is 34.1 Å². The molecule has 0 bridgehead atoms. The Bertz CT molecular complexity index is 900. The quantitative estimate of drug-likeness (QED) is 0.708. The smallest absolute Gasteiger partial charge is 0.321 e. The summed E-state index contributed by atoms with van der Waals surface area (Å²) in [7, 11) is -1.62. The summed E-state index contributed by atoms with van der Waals surface area (Å²) < 4.78 is 26.8. The molecule has 2 rings (SSSR count). The van der Waals surface area contributed by atoms with Crippen molar-refractivity contribution in [3.05, 3.63) is 58.1 Å². The zero-order chi connectivity index (χ0) is 19.3. The molecule has 2 aromatic rings.